The van der Waals surface area contributed by atoms with Crippen LogP contribution in [0.2, 0.25) is 0 Å². The van der Waals surface area contributed by atoms with Gasteiger partial charge in [-0.1, -0.05) is 0 Å². The highest BCUT2D eigenvalue weighted by Crippen LogP contribution is 2.33. The average Bonchev–Trinajstić information content (AvgIpc) is 2.77. The number of fused-ring (bicyclic) bond motifs is 1. The zero-order chi connectivity index (χ0) is 14.5. The molecule has 0 aliphatic rings. The zero-order valence-corrected chi connectivity index (χ0v) is 12.0. The molecule has 0 aliphatic heterocycles. The Morgan fingerprint density at radius 3 is 3.05 bits per heavy atom. The maximum atomic E-state index is 12.1. The Hall–Kier alpha value is -1.70. The second kappa shape index (κ2) is 6.65. The molecular formula is C13H17N3O3S. The number of amides is 1. The van der Waals surface area contributed by atoms with Gasteiger partial charge < -0.3 is 20.9 Å². The number of rotatable bonds is 6. The van der Waals surface area contributed by atoms with Gasteiger partial charge in [0, 0.05) is 18.1 Å². The number of aliphatic hydroxyl groups excluding tert-OH is 1. The number of aliphatic hydroxyl groups is 1. The molecule has 0 aliphatic carbocycles. The third-order valence-electron chi connectivity index (χ3n) is 2.81. The molecule has 0 atom stereocenters. The standard InChI is InChI=1S/C13H17N3O3S/c1-8-2-3-16-13-9(8)10(14)11(20-13)12(18)15-4-6-19-7-5-17/h2-3,17H,4-7,14H2,1H3,(H,15,18). The number of thiophene rings is 1. The smallest absolute Gasteiger partial charge is 0.263 e. The van der Waals surface area contributed by atoms with E-state index in [0.29, 0.717) is 23.7 Å². The highest BCUT2D eigenvalue weighted by atomic mass is 32.1. The summed E-state index contributed by atoms with van der Waals surface area (Å²) < 4.78 is 5.07. The van der Waals surface area contributed by atoms with Crippen molar-refractivity contribution < 1.29 is 14.6 Å². The second-order valence-electron chi connectivity index (χ2n) is 4.24. The van der Waals surface area contributed by atoms with Gasteiger partial charge in [-0.25, -0.2) is 4.98 Å². The summed E-state index contributed by atoms with van der Waals surface area (Å²) in [5.74, 6) is -0.225. The lowest BCUT2D eigenvalue weighted by Gasteiger charge is -2.05. The third kappa shape index (κ3) is 3.06. The fourth-order valence-corrected chi connectivity index (χ4v) is 2.91. The molecule has 6 nitrogen and oxygen atoms in total. The monoisotopic (exact) mass is 295 g/mol. The van der Waals surface area contributed by atoms with E-state index >= 15 is 0 Å². The van der Waals surface area contributed by atoms with E-state index in [1.807, 2.05) is 13.0 Å². The first-order valence-electron chi connectivity index (χ1n) is 6.25. The van der Waals surface area contributed by atoms with Crippen LogP contribution in [0.3, 0.4) is 0 Å². The Balaban J connectivity index is 2.07. The molecule has 0 unspecified atom stereocenters. The summed E-state index contributed by atoms with van der Waals surface area (Å²) in [4.78, 5) is 17.5. The number of ether oxygens (including phenoxy) is 1. The minimum absolute atomic E-state index is 0.0256. The first-order valence-corrected chi connectivity index (χ1v) is 7.07. The molecule has 2 aromatic rings. The van der Waals surface area contributed by atoms with Crippen LogP contribution in [-0.4, -0.2) is 42.4 Å². The molecule has 0 aromatic carbocycles. The minimum atomic E-state index is -0.225. The summed E-state index contributed by atoms with van der Waals surface area (Å²) in [7, 11) is 0. The van der Waals surface area contributed by atoms with Crippen molar-refractivity contribution in [1.82, 2.24) is 10.3 Å². The third-order valence-corrected chi connectivity index (χ3v) is 3.92. The SMILES string of the molecule is Cc1ccnc2sc(C(=O)NCCOCCO)c(N)c12. The Kier molecular flexibility index (Phi) is 4.89. The van der Waals surface area contributed by atoms with Crippen LogP contribution in [0, 0.1) is 6.92 Å². The van der Waals surface area contributed by atoms with E-state index in [1.165, 1.54) is 11.3 Å². The Morgan fingerprint density at radius 2 is 2.35 bits per heavy atom. The van der Waals surface area contributed by atoms with Gasteiger partial charge in [-0.2, -0.15) is 0 Å². The Labute approximate surface area is 120 Å². The molecule has 0 radical (unpaired) electrons. The van der Waals surface area contributed by atoms with Gasteiger partial charge in [0.1, 0.15) is 9.71 Å². The minimum Gasteiger partial charge on any atom is -0.397 e. The van der Waals surface area contributed by atoms with Gasteiger partial charge in [-0.15, -0.1) is 11.3 Å². The first kappa shape index (κ1) is 14.7. The normalized spacial score (nSPS) is 10.9. The van der Waals surface area contributed by atoms with Crippen LogP contribution in [0.15, 0.2) is 12.3 Å². The molecule has 4 N–H and O–H groups in total. The van der Waals surface area contributed by atoms with Crippen molar-refractivity contribution >= 4 is 33.1 Å². The number of pyridine rings is 1. The highest BCUT2D eigenvalue weighted by Gasteiger charge is 2.17. The van der Waals surface area contributed by atoms with Gasteiger partial charge in [0.15, 0.2) is 0 Å². The molecule has 0 bridgehead atoms. The lowest BCUT2D eigenvalue weighted by Crippen LogP contribution is -2.27. The molecule has 0 saturated heterocycles. The summed E-state index contributed by atoms with van der Waals surface area (Å²) in [6, 6.07) is 1.87. The van der Waals surface area contributed by atoms with Crippen molar-refractivity contribution in [3.8, 4) is 0 Å². The van der Waals surface area contributed by atoms with E-state index in [1.54, 1.807) is 6.20 Å². The van der Waals surface area contributed by atoms with Crippen LogP contribution in [0.25, 0.3) is 10.2 Å². The highest BCUT2D eigenvalue weighted by molar-refractivity contribution is 7.21. The predicted molar refractivity (Wildman–Crippen MR) is 79.0 cm³/mol. The molecular weight excluding hydrogens is 278 g/mol. The number of nitrogen functional groups attached to an aromatic ring is 1. The van der Waals surface area contributed by atoms with Gasteiger partial charge >= 0.3 is 0 Å². The molecule has 2 rings (SSSR count). The van der Waals surface area contributed by atoms with Crippen LogP contribution in [0.1, 0.15) is 15.2 Å². The number of nitrogens with two attached hydrogens (primary N) is 1. The topological polar surface area (TPSA) is 97.5 Å². The van der Waals surface area contributed by atoms with Crippen molar-refractivity contribution in [2.24, 2.45) is 0 Å². The van der Waals surface area contributed by atoms with Crippen molar-refractivity contribution in [3.05, 3.63) is 22.7 Å². The van der Waals surface area contributed by atoms with Crippen molar-refractivity contribution in [2.45, 2.75) is 6.92 Å². The van der Waals surface area contributed by atoms with E-state index in [0.717, 1.165) is 15.8 Å². The maximum Gasteiger partial charge on any atom is 0.263 e. The van der Waals surface area contributed by atoms with Gasteiger partial charge in [0.25, 0.3) is 5.91 Å². The average molecular weight is 295 g/mol. The zero-order valence-electron chi connectivity index (χ0n) is 11.2. The summed E-state index contributed by atoms with van der Waals surface area (Å²) in [6.45, 7) is 2.91. The number of aromatic nitrogens is 1. The molecule has 2 heterocycles. The summed E-state index contributed by atoms with van der Waals surface area (Å²) in [6.07, 6.45) is 1.71. The molecule has 2 aromatic heterocycles. The van der Waals surface area contributed by atoms with Gasteiger partial charge in [-0.3, -0.25) is 4.79 Å². The molecule has 0 fully saturated rings. The van der Waals surface area contributed by atoms with Gasteiger partial charge in [0.05, 0.1) is 25.5 Å². The van der Waals surface area contributed by atoms with E-state index in [9.17, 15) is 4.79 Å². The van der Waals surface area contributed by atoms with E-state index in [2.05, 4.69) is 10.3 Å². The molecule has 7 heteroatoms. The molecule has 0 saturated carbocycles. The van der Waals surface area contributed by atoms with Crippen molar-refractivity contribution in [1.29, 1.82) is 0 Å². The number of hydrogen-bond acceptors (Lipinski definition) is 6. The largest absolute Gasteiger partial charge is 0.397 e. The van der Waals surface area contributed by atoms with Gasteiger partial charge in [0.2, 0.25) is 0 Å². The van der Waals surface area contributed by atoms with Crippen LogP contribution in [-0.2, 0) is 4.74 Å². The fourth-order valence-electron chi connectivity index (χ4n) is 1.86. The quantitative estimate of drug-likeness (QED) is 0.689. The lowest BCUT2D eigenvalue weighted by atomic mass is 10.2. The van der Waals surface area contributed by atoms with Crippen LogP contribution in [0.4, 0.5) is 5.69 Å². The van der Waals surface area contributed by atoms with E-state index in [-0.39, 0.29) is 19.1 Å². The van der Waals surface area contributed by atoms with E-state index < -0.39 is 0 Å². The number of carbonyl (C=O) groups is 1. The van der Waals surface area contributed by atoms with Crippen LogP contribution in [0.5, 0.6) is 0 Å². The fraction of sp³-hybridized carbons (Fsp3) is 0.385. The Morgan fingerprint density at radius 1 is 1.55 bits per heavy atom. The maximum absolute atomic E-state index is 12.1. The molecule has 0 spiro atoms. The van der Waals surface area contributed by atoms with Gasteiger partial charge in [-0.05, 0) is 18.6 Å². The molecule has 108 valence electrons. The first-order chi connectivity index (χ1) is 9.65. The Bertz CT molecular complexity index is 612. The number of nitrogens with zero attached hydrogens (tertiary/aromatic N) is 1. The van der Waals surface area contributed by atoms with Crippen molar-refractivity contribution in [2.75, 3.05) is 32.1 Å². The lowest BCUT2D eigenvalue weighted by molar-refractivity contribution is 0.0841. The number of carbonyl (C=O) groups excluding carboxylic acids is 1. The van der Waals surface area contributed by atoms with Crippen LogP contribution >= 0.6 is 11.3 Å². The predicted octanol–water partition coefficient (Wildman–Crippen LogP) is 0.926. The summed E-state index contributed by atoms with van der Waals surface area (Å²) in [5.41, 5.74) is 7.52. The number of hydrogen-bond donors (Lipinski definition) is 3. The number of aryl methyl sites for hydroxylation is 1. The second-order valence-corrected chi connectivity index (χ2v) is 5.24. The summed E-state index contributed by atoms with van der Waals surface area (Å²) >= 11 is 1.29. The van der Waals surface area contributed by atoms with Crippen molar-refractivity contribution in [3.63, 3.8) is 0 Å². The number of anilines is 1. The number of nitrogens with one attached hydrogen (secondary N) is 1. The molecule has 20 heavy (non-hydrogen) atoms. The van der Waals surface area contributed by atoms with Crippen LogP contribution < -0.4 is 11.1 Å². The summed E-state index contributed by atoms with van der Waals surface area (Å²) in [5, 5.41) is 12.1. The molecule has 1 amide bonds. The van der Waals surface area contributed by atoms with E-state index in [4.69, 9.17) is 15.6 Å².